The molecule has 4 nitrogen and oxygen atoms in total. The summed E-state index contributed by atoms with van der Waals surface area (Å²) in [4.78, 5) is 7.50. The number of nitrogens with zero attached hydrogens (tertiary/aromatic N) is 1. The van der Waals surface area contributed by atoms with Crippen molar-refractivity contribution >= 4 is 32.7 Å². The van der Waals surface area contributed by atoms with Gasteiger partial charge in [-0.25, -0.2) is 0 Å². The molecule has 1 N–H and O–H groups in total. The molecule has 2 heterocycles. The minimum absolute atomic E-state index is 0.411. The number of hydrogen-bond donors (Lipinski definition) is 1. The average molecular weight is 346 g/mol. The number of nitrogens with one attached hydrogen (secondary N) is 1. The van der Waals surface area contributed by atoms with E-state index in [4.69, 9.17) is 9.47 Å². The maximum atomic E-state index is 12.9. The van der Waals surface area contributed by atoms with Gasteiger partial charge in [-0.05, 0) is 18.2 Å². The van der Waals surface area contributed by atoms with Crippen molar-refractivity contribution in [1.82, 2.24) is 9.97 Å². The summed E-state index contributed by atoms with van der Waals surface area (Å²) in [5.41, 5.74) is 1.09. The smallest absolute Gasteiger partial charge is 0.416 e. The number of alkyl halides is 3. The summed E-state index contributed by atoms with van der Waals surface area (Å²) in [5.74, 6) is 1.07. The molecule has 0 saturated heterocycles. The highest BCUT2D eigenvalue weighted by atomic mass is 19.4. The van der Waals surface area contributed by atoms with Crippen LogP contribution in [0.2, 0.25) is 0 Å². The van der Waals surface area contributed by atoms with Gasteiger partial charge in [-0.1, -0.05) is 6.07 Å². The first-order valence-electron chi connectivity index (χ1n) is 7.45. The Morgan fingerprint density at radius 3 is 2.32 bits per heavy atom. The highest BCUT2D eigenvalue weighted by Crippen LogP contribution is 2.38. The first-order valence-corrected chi connectivity index (χ1v) is 7.45. The standard InChI is InChI=1S/C18H13F3N2O2/c1-24-15-6-11-13(7-16(15)25-2)22-8-12-10-4-3-9(18(19,20)21)5-14(10)23-17(11)12/h3-8,23H,1-2H3. The highest BCUT2D eigenvalue weighted by Gasteiger charge is 2.30. The summed E-state index contributed by atoms with van der Waals surface area (Å²) in [6.45, 7) is 0. The molecule has 0 unspecified atom stereocenters. The van der Waals surface area contributed by atoms with Crippen molar-refractivity contribution in [3.8, 4) is 11.5 Å². The number of methoxy groups -OCH3 is 2. The summed E-state index contributed by atoms with van der Waals surface area (Å²) < 4.78 is 49.4. The number of hydrogen-bond acceptors (Lipinski definition) is 3. The van der Waals surface area contributed by atoms with Crippen LogP contribution in [0, 0.1) is 0 Å². The molecule has 2 aromatic carbocycles. The van der Waals surface area contributed by atoms with Gasteiger partial charge in [-0.2, -0.15) is 13.2 Å². The minimum Gasteiger partial charge on any atom is -0.493 e. The lowest BCUT2D eigenvalue weighted by molar-refractivity contribution is -0.137. The molecule has 0 fully saturated rings. The van der Waals surface area contributed by atoms with Crippen molar-refractivity contribution in [2.24, 2.45) is 0 Å². The minimum atomic E-state index is -4.39. The molecule has 0 aliphatic carbocycles. The second-order valence-corrected chi connectivity index (χ2v) is 5.65. The molecule has 128 valence electrons. The number of pyridine rings is 1. The van der Waals surface area contributed by atoms with E-state index in [0.717, 1.165) is 22.9 Å². The van der Waals surface area contributed by atoms with Gasteiger partial charge in [0.05, 0.1) is 30.8 Å². The molecule has 0 saturated carbocycles. The normalized spacial score (nSPS) is 12.2. The van der Waals surface area contributed by atoms with Gasteiger partial charge in [0, 0.05) is 33.9 Å². The number of ether oxygens (including phenoxy) is 2. The molecule has 2 aromatic heterocycles. The Morgan fingerprint density at radius 1 is 0.920 bits per heavy atom. The lowest BCUT2D eigenvalue weighted by Gasteiger charge is -2.09. The average Bonchev–Trinajstić information content (AvgIpc) is 2.97. The molecule has 0 aliphatic rings. The summed E-state index contributed by atoms with van der Waals surface area (Å²) in [7, 11) is 3.06. The SMILES string of the molecule is COc1cc2ncc3c4ccc(C(F)(F)F)cc4[nH]c3c2cc1OC. The summed E-state index contributed by atoms with van der Waals surface area (Å²) in [5, 5.41) is 2.19. The van der Waals surface area contributed by atoms with Crippen LogP contribution in [0.3, 0.4) is 0 Å². The van der Waals surface area contributed by atoms with Crippen molar-refractivity contribution in [2.45, 2.75) is 6.18 Å². The lowest BCUT2D eigenvalue weighted by Crippen LogP contribution is -2.03. The van der Waals surface area contributed by atoms with Gasteiger partial charge >= 0.3 is 6.18 Å². The second kappa shape index (κ2) is 5.27. The van der Waals surface area contributed by atoms with Gasteiger partial charge in [-0.15, -0.1) is 0 Å². The van der Waals surface area contributed by atoms with Crippen LogP contribution in [0.25, 0.3) is 32.7 Å². The van der Waals surface area contributed by atoms with Crippen LogP contribution in [0.5, 0.6) is 11.5 Å². The number of halogens is 3. The lowest BCUT2D eigenvalue weighted by atomic mass is 10.1. The molecule has 4 aromatic rings. The Morgan fingerprint density at radius 2 is 1.64 bits per heavy atom. The zero-order valence-corrected chi connectivity index (χ0v) is 13.4. The van der Waals surface area contributed by atoms with E-state index in [0.29, 0.717) is 33.4 Å². The fourth-order valence-corrected chi connectivity index (χ4v) is 3.05. The summed E-state index contributed by atoms with van der Waals surface area (Å²) >= 11 is 0. The van der Waals surface area contributed by atoms with Gasteiger partial charge in [0.15, 0.2) is 11.5 Å². The first kappa shape index (κ1) is 15.6. The molecular formula is C18H13F3N2O2. The van der Waals surface area contributed by atoms with E-state index in [1.807, 2.05) is 0 Å². The van der Waals surface area contributed by atoms with Crippen molar-refractivity contribution in [3.05, 3.63) is 42.1 Å². The van der Waals surface area contributed by atoms with E-state index in [1.165, 1.54) is 20.3 Å². The van der Waals surface area contributed by atoms with Crippen LogP contribution in [-0.2, 0) is 6.18 Å². The summed E-state index contributed by atoms with van der Waals surface area (Å²) in [6, 6.07) is 7.16. The predicted molar refractivity (Wildman–Crippen MR) is 89.2 cm³/mol. The third kappa shape index (κ3) is 2.34. The van der Waals surface area contributed by atoms with E-state index in [2.05, 4.69) is 9.97 Å². The third-order valence-electron chi connectivity index (χ3n) is 4.27. The van der Waals surface area contributed by atoms with E-state index in [9.17, 15) is 13.2 Å². The van der Waals surface area contributed by atoms with Gasteiger partial charge in [0.1, 0.15) is 0 Å². The van der Waals surface area contributed by atoms with Crippen LogP contribution in [0.15, 0.2) is 36.5 Å². The Hall–Kier alpha value is -2.96. The Kier molecular flexibility index (Phi) is 3.28. The summed E-state index contributed by atoms with van der Waals surface area (Å²) in [6.07, 6.45) is -2.74. The van der Waals surface area contributed by atoms with Gasteiger partial charge < -0.3 is 14.5 Å². The molecule has 25 heavy (non-hydrogen) atoms. The largest absolute Gasteiger partial charge is 0.493 e. The zero-order valence-electron chi connectivity index (χ0n) is 13.4. The maximum Gasteiger partial charge on any atom is 0.416 e. The number of fused-ring (bicyclic) bond motifs is 5. The molecule has 0 bridgehead atoms. The quantitative estimate of drug-likeness (QED) is 0.561. The number of aromatic nitrogens is 2. The van der Waals surface area contributed by atoms with Gasteiger partial charge in [-0.3, -0.25) is 4.98 Å². The van der Waals surface area contributed by atoms with E-state index < -0.39 is 11.7 Å². The maximum absolute atomic E-state index is 12.9. The number of rotatable bonds is 2. The van der Waals surface area contributed by atoms with Crippen LogP contribution in [0.1, 0.15) is 5.56 Å². The number of benzene rings is 2. The van der Waals surface area contributed by atoms with E-state index in [1.54, 1.807) is 18.3 Å². The van der Waals surface area contributed by atoms with Crippen LogP contribution in [0.4, 0.5) is 13.2 Å². The van der Waals surface area contributed by atoms with Crippen LogP contribution < -0.4 is 9.47 Å². The molecule has 0 aliphatic heterocycles. The zero-order chi connectivity index (χ0) is 17.8. The number of aromatic amines is 1. The van der Waals surface area contributed by atoms with Crippen molar-refractivity contribution in [3.63, 3.8) is 0 Å². The fourth-order valence-electron chi connectivity index (χ4n) is 3.05. The van der Waals surface area contributed by atoms with Crippen LogP contribution >= 0.6 is 0 Å². The van der Waals surface area contributed by atoms with Gasteiger partial charge in [0.2, 0.25) is 0 Å². The molecule has 7 heteroatoms. The van der Waals surface area contributed by atoms with Gasteiger partial charge in [0.25, 0.3) is 0 Å². The molecule has 0 spiro atoms. The molecule has 0 radical (unpaired) electrons. The molecular weight excluding hydrogens is 333 g/mol. The monoisotopic (exact) mass is 346 g/mol. The Balaban J connectivity index is 2.06. The highest BCUT2D eigenvalue weighted by molar-refractivity contribution is 6.16. The Labute approximate surface area is 140 Å². The Bertz CT molecular complexity index is 1120. The second-order valence-electron chi connectivity index (χ2n) is 5.65. The van der Waals surface area contributed by atoms with Crippen molar-refractivity contribution < 1.29 is 22.6 Å². The predicted octanol–water partition coefficient (Wildman–Crippen LogP) is 4.91. The third-order valence-corrected chi connectivity index (χ3v) is 4.27. The van der Waals surface area contributed by atoms with E-state index in [-0.39, 0.29) is 0 Å². The molecule has 4 rings (SSSR count). The molecule has 0 atom stereocenters. The van der Waals surface area contributed by atoms with Crippen molar-refractivity contribution in [2.75, 3.05) is 14.2 Å². The first-order chi connectivity index (χ1) is 11.9. The number of H-pyrrole nitrogens is 1. The fraction of sp³-hybridized carbons (Fsp3) is 0.167. The van der Waals surface area contributed by atoms with E-state index >= 15 is 0 Å². The van der Waals surface area contributed by atoms with Crippen molar-refractivity contribution in [1.29, 1.82) is 0 Å². The van der Waals surface area contributed by atoms with Crippen LogP contribution in [-0.4, -0.2) is 24.2 Å². The topological polar surface area (TPSA) is 47.1 Å². The molecule has 0 amide bonds.